The molecule has 0 aromatic heterocycles. The molecule has 1 heterocycles. The highest BCUT2D eigenvalue weighted by Crippen LogP contribution is 2.25. The number of carbonyl (C=O) groups excluding carboxylic acids is 2. The standard InChI is InChI=1S/C15H17BrN2O4/c1-8-2-3-9(13(17)19)7-18(8)14(20)10-4-11(15(21)22)6-12(16)5-10/h4-6,8-9H,2-3,7H2,1H3,(H2,17,19)(H,21,22). The van der Waals surface area contributed by atoms with Crippen LogP contribution in [0.15, 0.2) is 22.7 Å². The topological polar surface area (TPSA) is 101 Å². The number of carboxylic acid groups (broad SMARTS) is 1. The molecule has 0 saturated carbocycles. The van der Waals surface area contributed by atoms with Gasteiger partial charge in [0.15, 0.2) is 0 Å². The molecule has 6 nitrogen and oxygen atoms in total. The second-order valence-electron chi connectivity index (χ2n) is 5.52. The van der Waals surface area contributed by atoms with Gasteiger partial charge in [0.25, 0.3) is 5.91 Å². The summed E-state index contributed by atoms with van der Waals surface area (Å²) in [6.45, 7) is 2.18. The first-order valence-corrected chi connectivity index (χ1v) is 7.73. The Hall–Kier alpha value is -1.89. The van der Waals surface area contributed by atoms with E-state index >= 15 is 0 Å². The second kappa shape index (κ2) is 6.48. The quantitative estimate of drug-likeness (QED) is 0.850. The van der Waals surface area contributed by atoms with Crippen molar-refractivity contribution in [3.8, 4) is 0 Å². The third kappa shape index (κ3) is 3.47. The molecule has 2 amide bonds. The predicted molar refractivity (Wildman–Crippen MR) is 83.5 cm³/mol. The van der Waals surface area contributed by atoms with Crippen LogP contribution in [0.4, 0.5) is 0 Å². The molecule has 1 aromatic rings. The molecular formula is C15H17BrN2O4. The van der Waals surface area contributed by atoms with E-state index in [1.165, 1.54) is 12.1 Å². The molecule has 2 atom stereocenters. The van der Waals surface area contributed by atoms with E-state index in [1.54, 1.807) is 11.0 Å². The minimum Gasteiger partial charge on any atom is -0.478 e. The number of carboxylic acids is 1. The zero-order valence-corrected chi connectivity index (χ0v) is 13.7. The van der Waals surface area contributed by atoms with E-state index < -0.39 is 11.9 Å². The number of likely N-dealkylation sites (tertiary alicyclic amines) is 1. The van der Waals surface area contributed by atoms with Crippen molar-refractivity contribution in [2.24, 2.45) is 11.7 Å². The molecule has 118 valence electrons. The van der Waals surface area contributed by atoms with Gasteiger partial charge in [-0.1, -0.05) is 15.9 Å². The van der Waals surface area contributed by atoms with Crippen molar-refractivity contribution in [3.63, 3.8) is 0 Å². The van der Waals surface area contributed by atoms with Crippen LogP contribution >= 0.6 is 15.9 Å². The Morgan fingerprint density at radius 3 is 2.45 bits per heavy atom. The summed E-state index contributed by atoms with van der Waals surface area (Å²) < 4.78 is 0.520. The molecule has 0 radical (unpaired) electrons. The molecule has 3 N–H and O–H groups in total. The van der Waals surface area contributed by atoms with Gasteiger partial charge < -0.3 is 15.7 Å². The largest absolute Gasteiger partial charge is 0.478 e. The van der Waals surface area contributed by atoms with E-state index in [-0.39, 0.29) is 35.5 Å². The summed E-state index contributed by atoms with van der Waals surface area (Å²) in [5, 5.41) is 9.09. The summed E-state index contributed by atoms with van der Waals surface area (Å²) in [6.07, 6.45) is 1.36. The van der Waals surface area contributed by atoms with Crippen molar-refractivity contribution in [1.82, 2.24) is 4.90 Å². The van der Waals surface area contributed by atoms with Crippen LogP contribution in [0.3, 0.4) is 0 Å². The van der Waals surface area contributed by atoms with Crippen LogP contribution in [0.1, 0.15) is 40.5 Å². The average molecular weight is 369 g/mol. The molecule has 0 bridgehead atoms. The summed E-state index contributed by atoms with van der Waals surface area (Å²) >= 11 is 3.22. The lowest BCUT2D eigenvalue weighted by atomic mass is 9.92. The summed E-state index contributed by atoms with van der Waals surface area (Å²) in [7, 11) is 0. The number of aromatic carboxylic acids is 1. The normalized spacial score (nSPS) is 21.5. The molecule has 0 aliphatic carbocycles. The highest BCUT2D eigenvalue weighted by molar-refractivity contribution is 9.10. The zero-order chi connectivity index (χ0) is 16.4. The lowest BCUT2D eigenvalue weighted by Crippen LogP contribution is -2.48. The Morgan fingerprint density at radius 1 is 1.23 bits per heavy atom. The van der Waals surface area contributed by atoms with Gasteiger partial charge in [0.05, 0.1) is 11.5 Å². The second-order valence-corrected chi connectivity index (χ2v) is 6.43. The third-order valence-electron chi connectivity index (χ3n) is 3.94. The maximum absolute atomic E-state index is 12.7. The molecule has 1 aromatic carbocycles. The fourth-order valence-corrected chi connectivity index (χ4v) is 3.12. The maximum Gasteiger partial charge on any atom is 0.335 e. The molecule has 2 rings (SSSR count). The van der Waals surface area contributed by atoms with Crippen LogP contribution in [0.5, 0.6) is 0 Å². The first-order valence-electron chi connectivity index (χ1n) is 6.93. The van der Waals surface area contributed by atoms with E-state index in [1.807, 2.05) is 6.92 Å². The minimum atomic E-state index is -1.10. The predicted octanol–water partition coefficient (Wildman–Crippen LogP) is 1.87. The Balaban J connectivity index is 2.30. The van der Waals surface area contributed by atoms with Crippen LogP contribution in [0.25, 0.3) is 0 Å². The number of rotatable bonds is 3. The van der Waals surface area contributed by atoms with Crippen molar-refractivity contribution in [2.75, 3.05) is 6.54 Å². The lowest BCUT2D eigenvalue weighted by Gasteiger charge is -2.37. The number of hydrogen-bond donors (Lipinski definition) is 2. The summed E-state index contributed by atoms with van der Waals surface area (Å²) in [5.74, 6) is -2.16. The number of nitrogens with two attached hydrogens (primary N) is 1. The summed E-state index contributed by atoms with van der Waals surface area (Å²) in [4.78, 5) is 36.7. The fraction of sp³-hybridized carbons (Fsp3) is 0.400. The van der Waals surface area contributed by atoms with Crippen molar-refractivity contribution in [1.29, 1.82) is 0 Å². The van der Waals surface area contributed by atoms with Crippen LogP contribution in [-0.2, 0) is 4.79 Å². The maximum atomic E-state index is 12.7. The van der Waals surface area contributed by atoms with Gasteiger partial charge in [-0.25, -0.2) is 4.79 Å². The van der Waals surface area contributed by atoms with Crippen molar-refractivity contribution in [3.05, 3.63) is 33.8 Å². The number of hydrogen-bond acceptors (Lipinski definition) is 3. The fourth-order valence-electron chi connectivity index (χ4n) is 2.62. The van der Waals surface area contributed by atoms with Gasteiger partial charge in [0.1, 0.15) is 0 Å². The van der Waals surface area contributed by atoms with Gasteiger partial charge in [-0.05, 0) is 38.0 Å². The van der Waals surface area contributed by atoms with Gasteiger partial charge >= 0.3 is 5.97 Å². The van der Waals surface area contributed by atoms with E-state index in [0.29, 0.717) is 17.3 Å². The molecule has 1 aliphatic rings. The highest BCUT2D eigenvalue weighted by Gasteiger charge is 2.32. The molecule has 1 aliphatic heterocycles. The molecule has 0 spiro atoms. The molecule has 22 heavy (non-hydrogen) atoms. The molecule has 1 saturated heterocycles. The van der Waals surface area contributed by atoms with Crippen molar-refractivity contribution >= 4 is 33.7 Å². The molecular weight excluding hydrogens is 352 g/mol. The van der Waals surface area contributed by atoms with Gasteiger partial charge in [0, 0.05) is 22.6 Å². The monoisotopic (exact) mass is 368 g/mol. The Bertz CT molecular complexity index is 632. The molecule has 1 fully saturated rings. The van der Waals surface area contributed by atoms with Crippen molar-refractivity contribution < 1.29 is 19.5 Å². The molecule has 2 unspecified atom stereocenters. The Labute approximate surface area is 136 Å². The van der Waals surface area contributed by atoms with Crippen LogP contribution in [0, 0.1) is 5.92 Å². The molecule has 7 heteroatoms. The number of primary amides is 1. The summed E-state index contributed by atoms with van der Waals surface area (Å²) in [6, 6.07) is 4.34. The van der Waals surface area contributed by atoms with E-state index in [2.05, 4.69) is 15.9 Å². The first kappa shape index (κ1) is 16.5. The van der Waals surface area contributed by atoms with E-state index in [4.69, 9.17) is 10.8 Å². The number of carbonyl (C=O) groups is 3. The number of piperidine rings is 1. The lowest BCUT2D eigenvalue weighted by molar-refractivity contribution is -0.123. The van der Waals surface area contributed by atoms with Crippen LogP contribution in [-0.4, -0.2) is 40.4 Å². The average Bonchev–Trinajstić information content (AvgIpc) is 2.46. The van der Waals surface area contributed by atoms with Crippen molar-refractivity contribution in [2.45, 2.75) is 25.8 Å². The minimum absolute atomic E-state index is 0.0182. The zero-order valence-electron chi connectivity index (χ0n) is 12.1. The number of benzene rings is 1. The van der Waals surface area contributed by atoms with Gasteiger partial charge in [-0.2, -0.15) is 0 Å². The van der Waals surface area contributed by atoms with Gasteiger partial charge in [-0.3, -0.25) is 9.59 Å². The number of amides is 2. The summed E-state index contributed by atoms with van der Waals surface area (Å²) in [5.41, 5.74) is 5.66. The van der Waals surface area contributed by atoms with Crippen LogP contribution in [0.2, 0.25) is 0 Å². The number of halogens is 1. The van der Waals surface area contributed by atoms with Gasteiger partial charge in [0.2, 0.25) is 5.91 Å². The number of nitrogens with zero attached hydrogens (tertiary/aromatic N) is 1. The van der Waals surface area contributed by atoms with Crippen LogP contribution < -0.4 is 5.73 Å². The Morgan fingerprint density at radius 2 is 1.86 bits per heavy atom. The van der Waals surface area contributed by atoms with E-state index in [0.717, 1.165) is 0 Å². The highest BCUT2D eigenvalue weighted by atomic mass is 79.9. The Kier molecular flexibility index (Phi) is 4.85. The smallest absolute Gasteiger partial charge is 0.335 e. The first-order chi connectivity index (χ1) is 10.3. The van der Waals surface area contributed by atoms with E-state index in [9.17, 15) is 14.4 Å². The SMILES string of the molecule is CC1CCC(C(N)=O)CN1C(=O)c1cc(Br)cc(C(=O)O)c1. The van der Waals surface area contributed by atoms with Gasteiger partial charge in [-0.15, -0.1) is 0 Å². The third-order valence-corrected chi connectivity index (χ3v) is 4.39.